The maximum Gasteiger partial charge on any atom is 0.411 e. The number of likely N-dealkylation sites (N-methyl/N-ethyl adjacent to an activating group) is 1. The number of halogens is 1. The molecule has 17 nitrogen and oxygen atoms in total. The molecule has 13 atom stereocenters. The monoisotopic (exact) mass is 842 g/mol. The van der Waals surface area contributed by atoms with Crippen LogP contribution in [0.1, 0.15) is 74.7 Å². The van der Waals surface area contributed by atoms with Crippen LogP contribution in [0.2, 0.25) is 0 Å². The number of aromatic amines is 1. The third kappa shape index (κ3) is 9.20. The molecule has 2 aromatic rings. The number of Topliss-reactive ketones (excluding diaryl/α,β-unsaturated/α-hetero) is 2. The number of ketones is 2. The Kier molecular flexibility index (Phi) is 14.1. The topological polar surface area (TPSA) is 205 Å². The van der Waals surface area contributed by atoms with Gasteiger partial charge in [-0.15, -0.1) is 5.10 Å². The molecule has 0 spiro atoms. The first-order valence-corrected chi connectivity index (χ1v) is 20.3. The smallest absolute Gasteiger partial charge is 0.411 e. The summed E-state index contributed by atoms with van der Waals surface area (Å²) in [6.45, 7) is 12.0. The molecule has 60 heavy (non-hydrogen) atoms. The van der Waals surface area contributed by atoms with Crippen molar-refractivity contribution in [3.8, 4) is 23.2 Å². The van der Waals surface area contributed by atoms with Crippen LogP contribution in [0.25, 0.3) is 11.4 Å². The van der Waals surface area contributed by atoms with Gasteiger partial charge in [-0.05, 0) is 61.1 Å². The number of ether oxygens (including phenoxy) is 5. The first-order chi connectivity index (χ1) is 28.1. The Labute approximate surface area is 349 Å². The zero-order valence-corrected chi connectivity index (χ0v) is 36.3. The second kappa shape index (κ2) is 18.2. The molecule has 3 fully saturated rings. The highest BCUT2D eigenvalue weighted by Crippen LogP contribution is 2.43. The van der Waals surface area contributed by atoms with Crippen molar-refractivity contribution in [3.63, 3.8) is 0 Å². The Morgan fingerprint density at radius 2 is 1.75 bits per heavy atom. The lowest BCUT2D eigenvalue weighted by molar-refractivity contribution is -0.295. The van der Waals surface area contributed by atoms with Crippen LogP contribution in [-0.4, -0.2) is 146 Å². The minimum absolute atomic E-state index is 0.0265. The maximum absolute atomic E-state index is 16.9. The molecule has 2 aromatic heterocycles. The van der Waals surface area contributed by atoms with Crippen molar-refractivity contribution in [2.45, 2.75) is 141 Å². The summed E-state index contributed by atoms with van der Waals surface area (Å²) in [6, 6.07) is 1.31. The van der Waals surface area contributed by atoms with Crippen LogP contribution in [0.15, 0.2) is 29.3 Å². The summed E-state index contributed by atoms with van der Waals surface area (Å²) in [5.41, 5.74) is -5.71. The largest absolute Gasteiger partial charge is 0.455 e. The number of aliphatic hydroxyl groups excluding tert-OH is 1. The van der Waals surface area contributed by atoms with Gasteiger partial charge in [0, 0.05) is 49.2 Å². The van der Waals surface area contributed by atoms with Gasteiger partial charge in [0.2, 0.25) is 0 Å². The second-order valence-electron chi connectivity index (χ2n) is 17.1. The van der Waals surface area contributed by atoms with Crippen LogP contribution in [0.4, 0.5) is 9.18 Å². The van der Waals surface area contributed by atoms with Gasteiger partial charge in [0.15, 0.2) is 23.1 Å². The summed E-state index contributed by atoms with van der Waals surface area (Å²) < 4.78 is 48.7. The number of hydrogen-bond acceptors (Lipinski definition) is 14. The van der Waals surface area contributed by atoms with Crippen LogP contribution in [0.5, 0.6) is 0 Å². The molecule has 0 aliphatic carbocycles. The number of aromatic nitrogens is 4. The Morgan fingerprint density at radius 1 is 1.07 bits per heavy atom. The van der Waals surface area contributed by atoms with E-state index in [4.69, 9.17) is 23.7 Å². The van der Waals surface area contributed by atoms with Crippen LogP contribution >= 0.6 is 0 Å². The molecule has 0 bridgehead atoms. The van der Waals surface area contributed by atoms with Crippen molar-refractivity contribution >= 4 is 23.6 Å². The summed E-state index contributed by atoms with van der Waals surface area (Å²) in [7, 11) is 4.99. The molecule has 3 unspecified atom stereocenters. The third-order valence-electron chi connectivity index (χ3n) is 12.4. The highest BCUT2D eigenvalue weighted by molar-refractivity contribution is 6.08. The number of cyclic esters (lactones) is 1. The molecule has 3 aliphatic heterocycles. The summed E-state index contributed by atoms with van der Waals surface area (Å²) >= 11 is 0. The zero-order valence-electron chi connectivity index (χ0n) is 36.3. The fraction of sp³-hybridized carbons (Fsp3) is 0.690. The Balaban J connectivity index is 1.50. The molecular weight excluding hydrogens is 783 g/mol. The van der Waals surface area contributed by atoms with Gasteiger partial charge in [0.05, 0.1) is 42.3 Å². The van der Waals surface area contributed by atoms with Gasteiger partial charge >= 0.3 is 12.1 Å². The minimum atomic E-state index is -3.22. The average molecular weight is 843 g/mol. The molecule has 0 aromatic carbocycles. The highest BCUT2D eigenvalue weighted by atomic mass is 19.1. The molecule has 5 heterocycles. The Morgan fingerprint density at radius 3 is 2.38 bits per heavy atom. The lowest BCUT2D eigenvalue weighted by atomic mass is 9.73. The average Bonchev–Trinajstić information content (AvgIpc) is 3.78. The van der Waals surface area contributed by atoms with Gasteiger partial charge in [0.25, 0.3) is 5.67 Å². The number of rotatable bonds is 8. The molecule has 0 radical (unpaired) electrons. The van der Waals surface area contributed by atoms with E-state index in [2.05, 4.69) is 27.1 Å². The summed E-state index contributed by atoms with van der Waals surface area (Å²) in [6.07, 6.45) is -2.74. The number of methoxy groups -OCH3 is 1. The molecule has 5 rings (SSSR count). The van der Waals surface area contributed by atoms with Crippen molar-refractivity contribution in [1.29, 1.82) is 0 Å². The summed E-state index contributed by atoms with van der Waals surface area (Å²) in [5.74, 6) is -0.252. The van der Waals surface area contributed by atoms with Gasteiger partial charge in [-0.3, -0.25) is 19.3 Å². The Bertz CT molecular complexity index is 2030. The predicted octanol–water partition coefficient (Wildman–Crippen LogP) is 2.93. The predicted molar refractivity (Wildman–Crippen MR) is 214 cm³/mol. The van der Waals surface area contributed by atoms with Crippen LogP contribution in [0, 0.1) is 29.6 Å². The van der Waals surface area contributed by atoms with Crippen molar-refractivity contribution in [3.05, 3.63) is 34.7 Å². The number of pyridine rings is 1. The number of carbonyl (C=O) groups excluding carboxylic acids is 4. The standard InChI is InChI=1S/C42H59FN6O11/c1-12-31-42(8)34(49(39(55)60-42)18-14-13-17-48-22-29(45-46-48)28-20-27(50)15-16-44-28)25(4)32(51)23(2)21-40(6,56-11)36(26(5)35(53)41(7,43)38(54)58-31)59-37-33(52)30(47(9)10)19-24(3)57-37/h15-16,20,22-26,30-31,33-34,36-37,52H,12,17-19,21H2,1-11H3,(H,44,50)/t23-,24?,25+,26+,30?,31-,33?,34-,36-,37+,40-,41+,42-/m1/s1. The number of alkyl halides is 1. The number of esters is 1. The van der Waals surface area contributed by atoms with Crippen LogP contribution in [-0.2, 0) is 44.6 Å². The Hall–Kier alpha value is -4.54. The molecule has 3 saturated heterocycles. The van der Waals surface area contributed by atoms with Gasteiger partial charge in [-0.2, -0.15) is 0 Å². The third-order valence-corrected chi connectivity index (χ3v) is 12.4. The van der Waals surface area contributed by atoms with Gasteiger partial charge in [-0.25, -0.2) is 18.7 Å². The molecule has 330 valence electrons. The maximum atomic E-state index is 16.9. The van der Waals surface area contributed by atoms with Gasteiger partial charge in [0.1, 0.15) is 30.2 Å². The number of hydrogen-bond donors (Lipinski definition) is 2. The van der Waals surface area contributed by atoms with E-state index in [-0.39, 0.29) is 49.3 Å². The van der Waals surface area contributed by atoms with Crippen molar-refractivity contribution in [2.24, 2.45) is 17.8 Å². The fourth-order valence-corrected chi connectivity index (χ4v) is 9.02. The number of nitrogens with zero attached hydrogens (tertiary/aromatic N) is 5. The number of H-pyrrole nitrogens is 1. The number of amides is 1. The fourth-order valence-electron chi connectivity index (χ4n) is 9.02. The zero-order chi connectivity index (χ0) is 44.5. The molecule has 1 amide bonds. The summed E-state index contributed by atoms with van der Waals surface area (Å²) in [4.78, 5) is 74.4. The van der Waals surface area contributed by atoms with Crippen LogP contribution in [0.3, 0.4) is 0 Å². The van der Waals surface area contributed by atoms with E-state index >= 15 is 4.39 Å². The van der Waals surface area contributed by atoms with Crippen molar-refractivity contribution in [1.82, 2.24) is 29.8 Å². The SMILES string of the molecule is CC[C@H]1OC(=O)[C@@](C)(F)C(=O)[C@H](C)[C@@H](O[C@@H]2OC(C)CC(N(C)C)C2O)[C@](C)(OC)C[C@@H](C)C(=O)[C@H](C)[C@H]2N(CC#CCn3cc(-c4cc(=O)cc[nH]4)nn3)C(=O)O[C@]12C. The number of aliphatic hydroxyl groups is 1. The van der Waals surface area contributed by atoms with E-state index in [1.54, 1.807) is 33.9 Å². The summed E-state index contributed by atoms with van der Waals surface area (Å²) in [5, 5.41) is 19.5. The first kappa shape index (κ1) is 46.5. The van der Waals surface area contributed by atoms with E-state index in [9.17, 15) is 29.1 Å². The van der Waals surface area contributed by atoms with Crippen molar-refractivity contribution < 1.29 is 52.4 Å². The molecule has 18 heteroatoms. The number of fused-ring (bicyclic) bond motifs is 1. The van der Waals surface area contributed by atoms with E-state index < -0.39 is 83.1 Å². The molecule has 0 saturated carbocycles. The number of carbonyl (C=O) groups is 4. The van der Waals surface area contributed by atoms with Gasteiger partial charge in [-0.1, -0.05) is 44.7 Å². The lowest BCUT2D eigenvalue weighted by Gasteiger charge is -2.47. The lowest BCUT2D eigenvalue weighted by Crippen LogP contribution is -2.61. The van der Waals surface area contributed by atoms with E-state index in [1.165, 1.54) is 48.9 Å². The minimum Gasteiger partial charge on any atom is -0.455 e. The normalized spacial score (nSPS) is 36.9. The second-order valence-corrected chi connectivity index (χ2v) is 17.1. The molecule has 3 aliphatic rings. The van der Waals surface area contributed by atoms with E-state index in [0.717, 1.165) is 6.92 Å². The van der Waals surface area contributed by atoms with E-state index in [1.807, 2.05) is 25.9 Å². The van der Waals surface area contributed by atoms with Gasteiger partial charge < -0.3 is 38.7 Å². The first-order valence-electron chi connectivity index (χ1n) is 20.3. The molecular formula is C42H59FN6O11. The van der Waals surface area contributed by atoms with Crippen LogP contribution < -0.4 is 5.43 Å². The highest BCUT2D eigenvalue weighted by Gasteiger charge is 2.61. The number of nitrogens with one attached hydrogen (secondary N) is 1. The quantitative estimate of drug-likeness (QED) is 0.223. The molecule has 2 N–H and O–H groups in total. The van der Waals surface area contributed by atoms with E-state index in [0.29, 0.717) is 17.8 Å². The van der Waals surface area contributed by atoms with Crippen molar-refractivity contribution in [2.75, 3.05) is 27.7 Å².